The quantitative estimate of drug-likeness (QED) is 0.755. The number of hydrogen-bond acceptors (Lipinski definition) is 6. The molecule has 2 aromatic heterocycles. The molecule has 0 saturated heterocycles. The monoisotopic (exact) mass is 297 g/mol. The lowest BCUT2D eigenvalue weighted by atomic mass is 10.3. The molecular weight excluding hydrogens is 278 g/mol. The summed E-state index contributed by atoms with van der Waals surface area (Å²) in [6, 6.07) is 0. The lowest BCUT2D eigenvalue weighted by Gasteiger charge is -1.98. The summed E-state index contributed by atoms with van der Waals surface area (Å²) >= 11 is 3.35. The Morgan fingerprint density at radius 3 is 3.11 bits per heavy atom. The summed E-state index contributed by atoms with van der Waals surface area (Å²) in [5, 5.41) is 7.53. The molecule has 19 heavy (non-hydrogen) atoms. The molecule has 104 valence electrons. The van der Waals surface area contributed by atoms with Gasteiger partial charge in [-0.3, -0.25) is 0 Å². The number of methoxy groups -OCH3 is 1. The van der Waals surface area contributed by atoms with Crippen molar-refractivity contribution in [3.8, 4) is 10.6 Å². The zero-order chi connectivity index (χ0) is 13.5. The minimum Gasteiger partial charge on any atom is -0.384 e. The van der Waals surface area contributed by atoms with E-state index in [0.29, 0.717) is 6.61 Å². The summed E-state index contributed by atoms with van der Waals surface area (Å²) in [5.41, 5.74) is 1.02. The summed E-state index contributed by atoms with van der Waals surface area (Å²) in [4.78, 5) is 10.1. The first kappa shape index (κ1) is 14.4. The van der Waals surface area contributed by atoms with Crippen molar-refractivity contribution in [2.45, 2.75) is 26.2 Å². The molecule has 0 aliphatic carbocycles. The molecule has 0 fully saturated rings. The topological polar surface area (TPSA) is 47.0 Å². The van der Waals surface area contributed by atoms with Crippen molar-refractivity contribution in [1.82, 2.24) is 9.97 Å². The first-order chi connectivity index (χ1) is 9.33. The van der Waals surface area contributed by atoms with Crippen LogP contribution in [0.3, 0.4) is 0 Å². The minimum atomic E-state index is 0.716. The molecule has 0 aliphatic rings. The Labute approximate surface area is 121 Å². The standard InChI is InChI=1S/C13H19N3OS2/c1-3-4-6-14-13-16-10(9-18-13)11-8-15-12(19-11)5-7-17-2/h8-9H,3-7H2,1-2H3,(H,14,16). The Hall–Kier alpha value is -0.980. The van der Waals surface area contributed by atoms with Crippen LogP contribution < -0.4 is 5.32 Å². The molecule has 0 atom stereocenters. The van der Waals surface area contributed by atoms with Crippen LogP contribution >= 0.6 is 22.7 Å². The Bertz CT molecular complexity index is 496. The lowest BCUT2D eigenvalue weighted by Crippen LogP contribution is -1.99. The van der Waals surface area contributed by atoms with Crippen molar-refractivity contribution in [3.63, 3.8) is 0 Å². The second-order valence-corrected chi connectivity index (χ2v) is 6.15. The highest BCUT2D eigenvalue weighted by Gasteiger charge is 2.08. The van der Waals surface area contributed by atoms with Gasteiger partial charge >= 0.3 is 0 Å². The van der Waals surface area contributed by atoms with Gasteiger partial charge in [-0.1, -0.05) is 13.3 Å². The van der Waals surface area contributed by atoms with Crippen LogP contribution in [-0.4, -0.2) is 30.2 Å². The van der Waals surface area contributed by atoms with Gasteiger partial charge in [-0.25, -0.2) is 9.97 Å². The highest BCUT2D eigenvalue weighted by atomic mass is 32.1. The van der Waals surface area contributed by atoms with Gasteiger partial charge in [0, 0.05) is 31.7 Å². The van der Waals surface area contributed by atoms with Crippen molar-refractivity contribution < 1.29 is 4.74 Å². The number of aromatic nitrogens is 2. The maximum absolute atomic E-state index is 5.06. The van der Waals surface area contributed by atoms with E-state index in [0.717, 1.165) is 33.7 Å². The molecule has 0 radical (unpaired) electrons. The van der Waals surface area contributed by atoms with Gasteiger partial charge in [-0.2, -0.15) is 0 Å². The third-order valence-corrected chi connectivity index (χ3v) is 4.52. The molecule has 0 amide bonds. The summed E-state index contributed by atoms with van der Waals surface area (Å²) in [7, 11) is 1.71. The molecule has 0 unspecified atom stereocenters. The van der Waals surface area contributed by atoms with Crippen LogP contribution in [0.1, 0.15) is 24.8 Å². The molecule has 2 aromatic rings. The van der Waals surface area contributed by atoms with Crippen LogP contribution in [0.15, 0.2) is 11.6 Å². The summed E-state index contributed by atoms with van der Waals surface area (Å²) in [6.07, 6.45) is 5.15. The van der Waals surface area contributed by atoms with Gasteiger partial charge in [0.05, 0.1) is 22.2 Å². The molecule has 2 rings (SSSR count). The molecule has 1 N–H and O–H groups in total. The Morgan fingerprint density at radius 1 is 1.42 bits per heavy atom. The van der Waals surface area contributed by atoms with Gasteiger partial charge < -0.3 is 10.1 Å². The van der Waals surface area contributed by atoms with Crippen LogP contribution in [0.4, 0.5) is 5.13 Å². The van der Waals surface area contributed by atoms with E-state index in [2.05, 4.69) is 27.6 Å². The number of ether oxygens (including phenoxy) is 1. The highest BCUT2D eigenvalue weighted by molar-refractivity contribution is 7.16. The normalized spacial score (nSPS) is 10.8. The van der Waals surface area contributed by atoms with E-state index in [4.69, 9.17) is 4.74 Å². The molecule has 6 heteroatoms. The van der Waals surface area contributed by atoms with Gasteiger partial charge in [-0.05, 0) is 6.42 Å². The second-order valence-electron chi connectivity index (χ2n) is 4.18. The molecule has 4 nitrogen and oxygen atoms in total. The van der Waals surface area contributed by atoms with Crippen molar-refractivity contribution in [2.75, 3.05) is 25.6 Å². The maximum atomic E-state index is 5.06. The van der Waals surface area contributed by atoms with E-state index in [1.165, 1.54) is 12.8 Å². The van der Waals surface area contributed by atoms with Crippen LogP contribution in [0.2, 0.25) is 0 Å². The minimum absolute atomic E-state index is 0.716. The van der Waals surface area contributed by atoms with E-state index in [1.54, 1.807) is 29.8 Å². The first-order valence-electron chi connectivity index (χ1n) is 6.47. The fourth-order valence-corrected chi connectivity index (χ4v) is 3.25. The Morgan fingerprint density at radius 2 is 2.32 bits per heavy atom. The van der Waals surface area contributed by atoms with E-state index in [9.17, 15) is 0 Å². The molecule has 0 spiro atoms. The molecule has 0 aromatic carbocycles. The zero-order valence-electron chi connectivity index (χ0n) is 11.3. The molecule has 2 heterocycles. The first-order valence-corrected chi connectivity index (χ1v) is 8.16. The van der Waals surface area contributed by atoms with E-state index >= 15 is 0 Å². The van der Waals surface area contributed by atoms with Crippen molar-refractivity contribution in [2.24, 2.45) is 0 Å². The van der Waals surface area contributed by atoms with Crippen LogP contribution in [0.25, 0.3) is 10.6 Å². The molecule has 0 bridgehead atoms. The number of rotatable bonds is 8. The van der Waals surface area contributed by atoms with Crippen LogP contribution in [-0.2, 0) is 11.2 Å². The number of anilines is 1. The summed E-state index contributed by atoms with van der Waals surface area (Å²) < 4.78 is 5.06. The van der Waals surface area contributed by atoms with Gasteiger partial charge in [0.2, 0.25) is 0 Å². The fraction of sp³-hybridized carbons (Fsp3) is 0.538. The Kier molecular flexibility index (Phi) is 5.75. The number of hydrogen-bond donors (Lipinski definition) is 1. The van der Waals surface area contributed by atoms with Gasteiger partial charge in [-0.15, -0.1) is 22.7 Å². The van der Waals surface area contributed by atoms with Crippen molar-refractivity contribution in [3.05, 3.63) is 16.6 Å². The molecule has 0 aliphatic heterocycles. The fourth-order valence-electron chi connectivity index (χ4n) is 1.57. The van der Waals surface area contributed by atoms with E-state index < -0.39 is 0 Å². The lowest BCUT2D eigenvalue weighted by molar-refractivity contribution is 0.202. The largest absolute Gasteiger partial charge is 0.384 e. The third kappa shape index (κ3) is 4.26. The van der Waals surface area contributed by atoms with E-state index in [-0.39, 0.29) is 0 Å². The third-order valence-electron chi connectivity index (χ3n) is 2.64. The van der Waals surface area contributed by atoms with Crippen LogP contribution in [0.5, 0.6) is 0 Å². The van der Waals surface area contributed by atoms with Gasteiger partial charge in [0.15, 0.2) is 5.13 Å². The predicted molar refractivity (Wildman–Crippen MR) is 82.2 cm³/mol. The number of nitrogens with zero attached hydrogens (tertiary/aromatic N) is 2. The average Bonchev–Trinajstić information content (AvgIpc) is 3.05. The predicted octanol–water partition coefficient (Wildman–Crippen LogP) is 3.67. The number of nitrogens with one attached hydrogen (secondary N) is 1. The number of unbranched alkanes of at least 4 members (excludes halogenated alkanes) is 1. The molecular formula is C13H19N3OS2. The van der Waals surface area contributed by atoms with Gasteiger partial charge in [0.1, 0.15) is 0 Å². The van der Waals surface area contributed by atoms with Gasteiger partial charge in [0.25, 0.3) is 0 Å². The zero-order valence-corrected chi connectivity index (χ0v) is 12.9. The SMILES string of the molecule is CCCCNc1nc(-c2cnc(CCOC)s2)cs1. The van der Waals surface area contributed by atoms with Crippen molar-refractivity contribution >= 4 is 27.8 Å². The summed E-state index contributed by atoms with van der Waals surface area (Å²) in [5.74, 6) is 0. The molecule has 0 saturated carbocycles. The maximum Gasteiger partial charge on any atom is 0.183 e. The van der Waals surface area contributed by atoms with E-state index in [1.807, 2.05) is 6.20 Å². The summed E-state index contributed by atoms with van der Waals surface area (Å²) in [6.45, 7) is 3.90. The average molecular weight is 297 g/mol. The second kappa shape index (κ2) is 7.57. The number of thiazole rings is 2. The van der Waals surface area contributed by atoms with Crippen molar-refractivity contribution in [1.29, 1.82) is 0 Å². The smallest absolute Gasteiger partial charge is 0.183 e. The highest BCUT2D eigenvalue weighted by Crippen LogP contribution is 2.29. The Balaban J connectivity index is 1.95. The van der Waals surface area contributed by atoms with Crippen LogP contribution in [0, 0.1) is 0 Å².